The third-order valence-corrected chi connectivity index (χ3v) is 3.44. The Labute approximate surface area is 121 Å². The topological polar surface area (TPSA) is 87.2 Å². The highest BCUT2D eigenvalue weighted by Crippen LogP contribution is 2.30. The molecule has 5 nitrogen and oxygen atoms in total. The number of carbonyl (C=O) groups excluding carboxylic acids is 2. The quantitative estimate of drug-likeness (QED) is 0.636. The van der Waals surface area contributed by atoms with E-state index in [0.717, 1.165) is 10.5 Å². The molecule has 2 amide bonds. The first kappa shape index (κ1) is 12.9. The van der Waals surface area contributed by atoms with Crippen LogP contribution in [0.15, 0.2) is 42.5 Å². The van der Waals surface area contributed by atoms with Crippen molar-refractivity contribution in [1.82, 2.24) is 0 Å². The van der Waals surface area contributed by atoms with Gasteiger partial charge in [0.05, 0.1) is 29.4 Å². The van der Waals surface area contributed by atoms with Crippen LogP contribution in [0.1, 0.15) is 21.5 Å². The number of nitriles is 1. The Morgan fingerprint density at radius 2 is 1.90 bits per heavy atom. The Hall–Kier alpha value is -3.13. The lowest BCUT2D eigenvalue weighted by molar-refractivity contribution is -0.117. The minimum atomic E-state index is -0.391. The molecule has 0 saturated carbocycles. The van der Waals surface area contributed by atoms with Crippen molar-refractivity contribution < 1.29 is 9.59 Å². The van der Waals surface area contributed by atoms with Gasteiger partial charge in [-0.25, -0.2) is 4.90 Å². The molecule has 2 N–H and O–H groups in total. The van der Waals surface area contributed by atoms with Crippen LogP contribution in [0.3, 0.4) is 0 Å². The SMILES string of the molecule is N#Cc1ccc(N2C(=O)Cc3ccccc3C2=O)c(N)c1. The van der Waals surface area contributed by atoms with E-state index in [1.54, 1.807) is 24.3 Å². The molecule has 21 heavy (non-hydrogen) atoms. The normalized spacial score (nSPS) is 13.8. The molecule has 3 rings (SSSR count). The van der Waals surface area contributed by atoms with E-state index in [0.29, 0.717) is 16.8 Å². The molecule has 0 aliphatic carbocycles. The summed E-state index contributed by atoms with van der Waals surface area (Å²) in [6, 6.07) is 13.5. The summed E-state index contributed by atoms with van der Waals surface area (Å²) in [4.78, 5) is 25.9. The van der Waals surface area contributed by atoms with Crippen LogP contribution in [-0.4, -0.2) is 11.8 Å². The van der Waals surface area contributed by atoms with Crippen molar-refractivity contribution in [1.29, 1.82) is 5.26 Å². The summed E-state index contributed by atoms with van der Waals surface area (Å²) in [6.07, 6.45) is 0.154. The van der Waals surface area contributed by atoms with E-state index in [4.69, 9.17) is 11.0 Å². The number of hydrogen-bond acceptors (Lipinski definition) is 4. The predicted octanol–water partition coefficient (Wildman–Crippen LogP) is 1.87. The van der Waals surface area contributed by atoms with Crippen LogP contribution < -0.4 is 10.6 Å². The predicted molar refractivity (Wildman–Crippen MR) is 77.5 cm³/mol. The lowest BCUT2D eigenvalue weighted by Crippen LogP contribution is -2.42. The number of benzene rings is 2. The number of nitrogens with two attached hydrogens (primary N) is 1. The van der Waals surface area contributed by atoms with Crippen molar-refractivity contribution in [3.05, 3.63) is 59.2 Å². The molecule has 1 aliphatic rings. The molecule has 5 heteroatoms. The van der Waals surface area contributed by atoms with Crippen LogP contribution in [0.25, 0.3) is 0 Å². The van der Waals surface area contributed by atoms with Gasteiger partial charge in [-0.3, -0.25) is 9.59 Å². The molecule has 2 aromatic carbocycles. The molecule has 2 aromatic rings. The van der Waals surface area contributed by atoms with Gasteiger partial charge in [-0.05, 0) is 29.8 Å². The average molecular weight is 277 g/mol. The Kier molecular flexibility index (Phi) is 2.92. The highest BCUT2D eigenvalue weighted by molar-refractivity contribution is 6.25. The van der Waals surface area contributed by atoms with Crippen LogP contribution >= 0.6 is 0 Å². The second-order valence-electron chi connectivity index (χ2n) is 4.75. The summed E-state index contributed by atoms with van der Waals surface area (Å²) < 4.78 is 0. The zero-order valence-corrected chi connectivity index (χ0v) is 11.0. The van der Waals surface area contributed by atoms with Crippen LogP contribution in [0.2, 0.25) is 0 Å². The highest BCUT2D eigenvalue weighted by atomic mass is 16.2. The van der Waals surface area contributed by atoms with E-state index in [1.807, 2.05) is 6.07 Å². The van der Waals surface area contributed by atoms with Crippen molar-refractivity contribution >= 4 is 23.2 Å². The largest absolute Gasteiger partial charge is 0.397 e. The maximum Gasteiger partial charge on any atom is 0.265 e. The minimum Gasteiger partial charge on any atom is -0.397 e. The fourth-order valence-electron chi connectivity index (χ4n) is 2.43. The van der Waals surface area contributed by atoms with E-state index >= 15 is 0 Å². The minimum absolute atomic E-state index is 0.154. The lowest BCUT2D eigenvalue weighted by atomic mass is 9.97. The second kappa shape index (κ2) is 4.76. The molecule has 0 atom stereocenters. The molecule has 1 heterocycles. The molecule has 0 unspecified atom stereocenters. The van der Waals surface area contributed by atoms with Crippen molar-refractivity contribution in [2.45, 2.75) is 6.42 Å². The fraction of sp³-hybridized carbons (Fsp3) is 0.0625. The van der Waals surface area contributed by atoms with Gasteiger partial charge in [-0.15, -0.1) is 0 Å². The van der Waals surface area contributed by atoms with E-state index in [9.17, 15) is 9.59 Å². The first-order valence-electron chi connectivity index (χ1n) is 6.36. The third-order valence-electron chi connectivity index (χ3n) is 3.44. The monoisotopic (exact) mass is 277 g/mol. The molecule has 0 aromatic heterocycles. The standard InChI is InChI=1S/C16H11N3O2/c17-9-10-5-6-14(13(18)7-10)19-15(20)8-11-3-1-2-4-12(11)16(19)21/h1-7H,8,18H2. The Bertz CT molecular complexity index is 805. The van der Waals surface area contributed by atoms with Gasteiger partial charge in [0.25, 0.3) is 5.91 Å². The molecular formula is C16H11N3O2. The Morgan fingerprint density at radius 1 is 1.14 bits per heavy atom. The van der Waals surface area contributed by atoms with E-state index in [2.05, 4.69) is 0 Å². The summed E-state index contributed by atoms with van der Waals surface area (Å²) in [6.45, 7) is 0. The average Bonchev–Trinajstić information content (AvgIpc) is 2.48. The van der Waals surface area contributed by atoms with Gasteiger partial charge < -0.3 is 5.73 Å². The number of rotatable bonds is 1. The van der Waals surface area contributed by atoms with Crippen molar-refractivity contribution in [3.63, 3.8) is 0 Å². The van der Waals surface area contributed by atoms with Gasteiger partial charge in [-0.2, -0.15) is 5.26 Å². The molecule has 102 valence electrons. The van der Waals surface area contributed by atoms with Gasteiger partial charge in [0.2, 0.25) is 5.91 Å². The number of carbonyl (C=O) groups is 2. The van der Waals surface area contributed by atoms with Crippen molar-refractivity contribution in [2.24, 2.45) is 0 Å². The molecule has 0 bridgehead atoms. The van der Waals surface area contributed by atoms with Crippen molar-refractivity contribution in [2.75, 3.05) is 10.6 Å². The number of anilines is 2. The third kappa shape index (κ3) is 2.03. The van der Waals surface area contributed by atoms with Gasteiger partial charge in [-0.1, -0.05) is 18.2 Å². The first-order chi connectivity index (χ1) is 10.1. The molecule has 0 spiro atoms. The van der Waals surface area contributed by atoms with Gasteiger partial charge in [0.1, 0.15) is 0 Å². The van der Waals surface area contributed by atoms with Crippen LogP contribution in [0.5, 0.6) is 0 Å². The summed E-state index contributed by atoms with van der Waals surface area (Å²) in [5.41, 5.74) is 8.03. The summed E-state index contributed by atoms with van der Waals surface area (Å²) in [5, 5.41) is 8.84. The summed E-state index contributed by atoms with van der Waals surface area (Å²) in [7, 11) is 0. The second-order valence-corrected chi connectivity index (χ2v) is 4.75. The number of fused-ring (bicyclic) bond motifs is 1. The number of hydrogen-bond donors (Lipinski definition) is 1. The Balaban J connectivity index is 2.10. The van der Waals surface area contributed by atoms with E-state index < -0.39 is 5.91 Å². The van der Waals surface area contributed by atoms with E-state index in [-0.39, 0.29) is 18.0 Å². The number of nitrogen functional groups attached to an aromatic ring is 1. The van der Waals surface area contributed by atoms with Crippen LogP contribution in [0.4, 0.5) is 11.4 Å². The summed E-state index contributed by atoms with van der Waals surface area (Å²) >= 11 is 0. The van der Waals surface area contributed by atoms with Gasteiger partial charge >= 0.3 is 0 Å². The summed E-state index contributed by atoms with van der Waals surface area (Å²) in [5.74, 6) is -0.714. The van der Waals surface area contributed by atoms with Crippen LogP contribution in [-0.2, 0) is 11.2 Å². The van der Waals surface area contributed by atoms with Gasteiger partial charge in [0.15, 0.2) is 0 Å². The maximum absolute atomic E-state index is 12.5. The Morgan fingerprint density at radius 3 is 2.62 bits per heavy atom. The molecule has 0 saturated heterocycles. The zero-order valence-electron chi connectivity index (χ0n) is 11.0. The maximum atomic E-state index is 12.5. The first-order valence-corrected chi connectivity index (χ1v) is 6.36. The number of nitrogens with zero attached hydrogens (tertiary/aromatic N) is 2. The fourth-order valence-corrected chi connectivity index (χ4v) is 2.43. The van der Waals surface area contributed by atoms with Crippen LogP contribution in [0, 0.1) is 11.3 Å². The van der Waals surface area contributed by atoms with Crippen molar-refractivity contribution in [3.8, 4) is 6.07 Å². The molecule has 0 fully saturated rings. The number of amides is 2. The highest BCUT2D eigenvalue weighted by Gasteiger charge is 2.32. The smallest absolute Gasteiger partial charge is 0.265 e. The molecular weight excluding hydrogens is 266 g/mol. The van der Waals surface area contributed by atoms with Gasteiger partial charge in [0, 0.05) is 5.56 Å². The van der Waals surface area contributed by atoms with E-state index in [1.165, 1.54) is 18.2 Å². The lowest BCUT2D eigenvalue weighted by Gasteiger charge is -2.27. The zero-order chi connectivity index (χ0) is 15.0. The molecule has 0 radical (unpaired) electrons. The molecule has 1 aliphatic heterocycles. The number of imide groups is 1.